The lowest BCUT2D eigenvalue weighted by Crippen LogP contribution is -2.30. The normalized spacial score (nSPS) is 19.5. The molecular weight excluding hydrogens is 138 g/mol. The van der Waals surface area contributed by atoms with Gasteiger partial charge in [0.15, 0.2) is 0 Å². The summed E-state index contributed by atoms with van der Waals surface area (Å²) in [4.78, 5) is 13.3. The zero-order valence-electron chi connectivity index (χ0n) is 7.68. The summed E-state index contributed by atoms with van der Waals surface area (Å²) in [7, 11) is 3.69. The zero-order chi connectivity index (χ0) is 8.48. The van der Waals surface area contributed by atoms with E-state index >= 15 is 0 Å². The van der Waals surface area contributed by atoms with Gasteiger partial charge in [0.1, 0.15) is 0 Å². The molecule has 2 heteroatoms. The summed E-state index contributed by atoms with van der Waals surface area (Å²) in [5.41, 5.74) is 0.0677. The molecule has 1 aliphatic carbocycles. The molecule has 0 atom stereocenters. The topological polar surface area (TPSA) is 20.3 Å². The molecule has 1 aliphatic rings. The van der Waals surface area contributed by atoms with E-state index in [0.29, 0.717) is 5.91 Å². The molecule has 0 bridgehead atoms. The highest BCUT2D eigenvalue weighted by molar-refractivity contribution is 5.84. The minimum atomic E-state index is 0.0677. The number of carbonyl (C=O) groups excluding carboxylic acids is 1. The van der Waals surface area contributed by atoms with Gasteiger partial charge in [0.05, 0.1) is 0 Å². The average molecular weight is 155 g/mol. The number of nitrogens with zero attached hydrogens (tertiary/aromatic N) is 1. The molecule has 2 nitrogen and oxygen atoms in total. The van der Waals surface area contributed by atoms with Crippen molar-refractivity contribution in [2.45, 2.75) is 32.6 Å². The van der Waals surface area contributed by atoms with Crippen molar-refractivity contribution < 1.29 is 4.79 Å². The Balaban J connectivity index is 2.51. The van der Waals surface area contributed by atoms with E-state index in [0.717, 1.165) is 25.7 Å². The second kappa shape index (κ2) is 2.84. The van der Waals surface area contributed by atoms with E-state index in [1.165, 1.54) is 0 Å². The van der Waals surface area contributed by atoms with Gasteiger partial charge in [-0.15, -0.1) is 0 Å². The Bertz CT molecular complexity index is 159. The number of carbonyl (C=O) groups is 1. The lowest BCUT2D eigenvalue weighted by molar-refractivity contribution is -0.134. The van der Waals surface area contributed by atoms with Crippen LogP contribution in [0.15, 0.2) is 0 Å². The minimum absolute atomic E-state index is 0.0677. The fourth-order valence-electron chi connectivity index (χ4n) is 1.67. The van der Waals surface area contributed by atoms with Gasteiger partial charge in [-0.1, -0.05) is 13.3 Å². The first kappa shape index (κ1) is 8.57. The predicted octanol–water partition coefficient (Wildman–Crippen LogP) is 1.65. The smallest absolute Gasteiger partial charge is 0.228 e. The Kier molecular flexibility index (Phi) is 2.21. The van der Waals surface area contributed by atoms with Gasteiger partial charge < -0.3 is 4.90 Å². The van der Waals surface area contributed by atoms with Crippen LogP contribution < -0.4 is 0 Å². The first-order valence-electron chi connectivity index (χ1n) is 4.34. The molecule has 0 radical (unpaired) electrons. The molecule has 1 amide bonds. The highest BCUT2D eigenvalue weighted by Crippen LogP contribution is 2.50. The van der Waals surface area contributed by atoms with E-state index in [1.54, 1.807) is 4.90 Å². The van der Waals surface area contributed by atoms with Crippen molar-refractivity contribution in [2.75, 3.05) is 14.1 Å². The second-order valence-corrected chi connectivity index (χ2v) is 3.73. The molecule has 1 rings (SSSR count). The van der Waals surface area contributed by atoms with E-state index in [1.807, 2.05) is 14.1 Å². The first-order valence-corrected chi connectivity index (χ1v) is 4.34. The number of amides is 1. The summed E-state index contributed by atoms with van der Waals surface area (Å²) in [6.45, 7) is 2.14. The molecule has 0 N–H and O–H groups in total. The molecule has 11 heavy (non-hydrogen) atoms. The van der Waals surface area contributed by atoms with Gasteiger partial charge in [-0.25, -0.2) is 0 Å². The van der Waals surface area contributed by atoms with Gasteiger partial charge in [-0.05, 0) is 19.3 Å². The van der Waals surface area contributed by atoms with Crippen LogP contribution >= 0.6 is 0 Å². The Morgan fingerprint density at radius 2 is 2.00 bits per heavy atom. The van der Waals surface area contributed by atoms with Crippen molar-refractivity contribution in [1.82, 2.24) is 4.90 Å². The molecule has 0 aromatic rings. The molecule has 1 saturated carbocycles. The average Bonchev–Trinajstić information content (AvgIpc) is 2.69. The maximum absolute atomic E-state index is 11.5. The van der Waals surface area contributed by atoms with Gasteiger partial charge in [-0.2, -0.15) is 0 Å². The van der Waals surface area contributed by atoms with Gasteiger partial charge in [-0.3, -0.25) is 4.79 Å². The van der Waals surface area contributed by atoms with Crippen molar-refractivity contribution in [2.24, 2.45) is 5.41 Å². The first-order chi connectivity index (χ1) is 5.12. The fourth-order valence-corrected chi connectivity index (χ4v) is 1.67. The monoisotopic (exact) mass is 155 g/mol. The third kappa shape index (κ3) is 1.55. The maximum atomic E-state index is 11.5. The lowest BCUT2D eigenvalue weighted by Gasteiger charge is -2.18. The van der Waals surface area contributed by atoms with Gasteiger partial charge in [0, 0.05) is 19.5 Å². The minimum Gasteiger partial charge on any atom is -0.348 e. The van der Waals surface area contributed by atoms with E-state index in [9.17, 15) is 4.79 Å². The van der Waals surface area contributed by atoms with Crippen LogP contribution in [-0.4, -0.2) is 24.9 Å². The van der Waals surface area contributed by atoms with Crippen LogP contribution in [0.5, 0.6) is 0 Å². The Labute approximate surface area is 68.6 Å². The summed E-state index contributed by atoms with van der Waals surface area (Å²) in [5.74, 6) is 0.333. The standard InChI is InChI=1S/C9H17NO/c1-4-5-9(6-7-9)8(11)10(2)3/h4-7H2,1-3H3. The van der Waals surface area contributed by atoms with Crippen molar-refractivity contribution >= 4 is 5.91 Å². The third-order valence-electron chi connectivity index (χ3n) is 2.44. The van der Waals surface area contributed by atoms with Crippen LogP contribution in [-0.2, 0) is 4.79 Å². The van der Waals surface area contributed by atoms with E-state index in [4.69, 9.17) is 0 Å². The molecular formula is C9H17NO. The highest BCUT2D eigenvalue weighted by Gasteiger charge is 2.49. The molecule has 0 unspecified atom stereocenters. The molecule has 0 aromatic heterocycles. The van der Waals surface area contributed by atoms with E-state index in [2.05, 4.69) is 6.92 Å². The third-order valence-corrected chi connectivity index (χ3v) is 2.44. The van der Waals surface area contributed by atoms with Gasteiger partial charge in [0.25, 0.3) is 0 Å². The predicted molar refractivity (Wildman–Crippen MR) is 45.3 cm³/mol. The largest absolute Gasteiger partial charge is 0.348 e. The van der Waals surface area contributed by atoms with Crippen molar-refractivity contribution in [3.05, 3.63) is 0 Å². The Morgan fingerprint density at radius 1 is 1.45 bits per heavy atom. The molecule has 0 aromatic carbocycles. The van der Waals surface area contributed by atoms with Crippen LogP contribution in [0.3, 0.4) is 0 Å². The number of hydrogen-bond acceptors (Lipinski definition) is 1. The van der Waals surface area contributed by atoms with Gasteiger partial charge in [0.2, 0.25) is 5.91 Å². The number of hydrogen-bond donors (Lipinski definition) is 0. The summed E-state index contributed by atoms with van der Waals surface area (Å²) in [6, 6.07) is 0. The summed E-state index contributed by atoms with van der Waals surface area (Å²) < 4.78 is 0. The fraction of sp³-hybridized carbons (Fsp3) is 0.889. The maximum Gasteiger partial charge on any atom is 0.228 e. The van der Waals surface area contributed by atoms with Crippen LogP contribution in [0.25, 0.3) is 0 Å². The lowest BCUT2D eigenvalue weighted by atomic mass is 9.99. The SMILES string of the molecule is CCCC1(C(=O)N(C)C)CC1. The summed E-state index contributed by atoms with van der Waals surface area (Å²) in [6.07, 6.45) is 4.42. The van der Waals surface area contributed by atoms with Crippen LogP contribution in [0.4, 0.5) is 0 Å². The summed E-state index contributed by atoms with van der Waals surface area (Å²) in [5, 5.41) is 0. The Hall–Kier alpha value is -0.530. The van der Waals surface area contributed by atoms with Crippen LogP contribution in [0.2, 0.25) is 0 Å². The second-order valence-electron chi connectivity index (χ2n) is 3.73. The van der Waals surface area contributed by atoms with Crippen molar-refractivity contribution in [3.8, 4) is 0 Å². The molecule has 1 fully saturated rings. The molecule has 0 spiro atoms. The van der Waals surface area contributed by atoms with E-state index in [-0.39, 0.29) is 5.41 Å². The zero-order valence-corrected chi connectivity index (χ0v) is 7.68. The molecule has 0 heterocycles. The Morgan fingerprint density at radius 3 is 2.27 bits per heavy atom. The van der Waals surface area contributed by atoms with Crippen LogP contribution in [0, 0.1) is 5.41 Å². The summed E-state index contributed by atoms with van der Waals surface area (Å²) >= 11 is 0. The quantitative estimate of drug-likeness (QED) is 0.607. The number of rotatable bonds is 3. The molecule has 64 valence electrons. The highest BCUT2D eigenvalue weighted by atomic mass is 16.2. The van der Waals surface area contributed by atoms with Crippen molar-refractivity contribution in [3.63, 3.8) is 0 Å². The molecule has 0 aliphatic heterocycles. The molecule has 0 saturated heterocycles. The van der Waals surface area contributed by atoms with Gasteiger partial charge >= 0.3 is 0 Å². The van der Waals surface area contributed by atoms with Crippen molar-refractivity contribution in [1.29, 1.82) is 0 Å². The van der Waals surface area contributed by atoms with E-state index < -0.39 is 0 Å². The van der Waals surface area contributed by atoms with Crippen LogP contribution in [0.1, 0.15) is 32.6 Å².